The predicted octanol–water partition coefficient (Wildman–Crippen LogP) is 3.38. The molecule has 0 saturated carbocycles. The highest BCUT2D eigenvalue weighted by Crippen LogP contribution is 2.30. The lowest BCUT2D eigenvalue weighted by Crippen LogP contribution is -2.41. The number of fused-ring (bicyclic) bond motifs is 1. The number of hydrogen-bond donors (Lipinski definition) is 0. The molecular weight excluding hydrogens is 238 g/mol. The van der Waals surface area contributed by atoms with Crippen LogP contribution in [0.5, 0.6) is 0 Å². The van der Waals surface area contributed by atoms with Crippen LogP contribution in [0.25, 0.3) is 10.9 Å². The molecule has 1 unspecified atom stereocenters. The standard InChI is InChI=1S/C16H17NO2/c1-16(9-2-3-11-19-16)15(18)13-6-4-8-14-12(13)7-5-10-17-14/h4-8,10H,2-3,9,11H2,1H3. The van der Waals surface area contributed by atoms with Crippen molar-refractivity contribution in [2.45, 2.75) is 31.8 Å². The summed E-state index contributed by atoms with van der Waals surface area (Å²) < 4.78 is 5.76. The minimum absolute atomic E-state index is 0.0748. The number of aromatic nitrogens is 1. The van der Waals surface area contributed by atoms with Gasteiger partial charge < -0.3 is 4.74 Å². The first-order valence-electron chi connectivity index (χ1n) is 6.73. The Balaban J connectivity index is 2.06. The van der Waals surface area contributed by atoms with Crippen LogP contribution in [0.3, 0.4) is 0 Å². The van der Waals surface area contributed by atoms with Crippen LogP contribution >= 0.6 is 0 Å². The second kappa shape index (κ2) is 4.74. The normalized spacial score (nSPS) is 23.4. The number of Topliss-reactive ketones (excluding diaryl/α,β-unsaturated/α-hetero) is 1. The number of hydrogen-bond acceptors (Lipinski definition) is 3. The lowest BCUT2D eigenvalue weighted by molar-refractivity contribution is -0.0425. The van der Waals surface area contributed by atoms with Crippen molar-refractivity contribution in [3.63, 3.8) is 0 Å². The monoisotopic (exact) mass is 255 g/mol. The number of rotatable bonds is 2. The fourth-order valence-electron chi connectivity index (χ4n) is 2.70. The third-order valence-corrected chi connectivity index (χ3v) is 3.84. The summed E-state index contributed by atoms with van der Waals surface area (Å²) in [6.07, 6.45) is 4.63. The van der Waals surface area contributed by atoms with E-state index in [2.05, 4.69) is 4.98 Å². The van der Waals surface area contributed by atoms with Gasteiger partial charge in [0, 0.05) is 23.8 Å². The van der Waals surface area contributed by atoms with Gasteiger partial charge in [-0.15, -0.1) is 0 Å². The van der Waals surface area contributed by atoms with Gasteiger partial charge >= 0.3 is 0 Å². The second-order valence-corrected chi connectivity index (χ2v) is 5.24. The minimum atomic E-state index is -0.678. The molecule has 1 aliphatic heterocycles. The van der Waals surface area contributed by atoms with Crippen molar-refractivity contribution < 1.29 is 9.53 Å². The van der Waals surface area contributed by atoms with Crippen LogP contribution in [-0.2, 0) is 4.74 Å². The van der Waals surface area contributed by atoms with Gasteiger partial charge in [-0.3, -0.25) is 9.78 Å². The lowest BCUT2D eigenvalue weighted by atomic mass is 9.86. The first kappa shape index (κ1) is 12.3. The van der Waals surface area contributed by atoms with Gasteiger partial charge in [-0.1, -0.05) is 18.2 Å². The fraction of sp³-hybridized carbons (Fsp3) is 0.375. The van der Waals surface area contributed by atoms with Crippen LogP contribution in [0, 0.1) is 0 Å². The van der Waals surface area contributed by atoms with Crippen molar-refractivity contribution in [1.82, 2.24) is 4.98 Å². The Morgan fingerprint density at radius 3 is 2.95 bits per heavy atom. The van der Waals surface area contributed by atoms with E-state index in [1.54, 1.807) is 6.20 Å². The average molecular weight is 255 g/mol. The summed E-state index contributed by atoms with van der Waals surface area (Å²) in [5.74, 6) is 0.0748. The van der Waals surface area contributed by atoms with Crippen molar-refractivity contribution in [1.29, 1.82) is 0 Å². The Hall–Kier alpha value is -1.74. The molecule has 0 N–H and O–H groups in total. The molecule has 0 radical (unpaired) electrons. The molecule has 3 nitrogen and oxygen atoms in total. The Kier molecular flexibility index (Phi) is 3.07. The SMILES string of the molecule is CC1(C(=O)c2cccc3ncccc23)CCCCO1. The molecule has 3 heteroatoms. The van der Waals surface area contributed by atoms with E-state index in [0.717, 1.165) is 35.7 Å². The van der Waals surface area contributed by atoms with Crippen LogP contribution < -0.4 is 0 Å². The smallest absolute Gasteiger partial charge is 0.195 e. The molecule has 0 amide bonds. The van der Waals surface area contributed by atoms with Gasteiger partial charge in [0.1, 0.15) is 5.60 Å². The highest BCUT2D eigenvalue weighted by Gasteiger charge is 2.37. The number of carbonyl (C=O) groups excluding carboxylic acids is 1. The molecule has 0 bridgehead atoms. The molecule has 98 valence electrons. The predicted molar refractivity (Wildman–Crippen MR) is 74.3 cm³/mol. The lowest BCUT2D eigenvalue weighted by Gasteiger charge is -2.32. The summed E-state index contributed by atoms with van der Waals surface area (Å²) in [5.41, 5.74) is 0.894. The van der Waals surface area contributed by atoms with E-state index in [9.17, 15) is 4.79 Å². The minimum Gasteiger partial charge on any atom is -0.367 e. The summed E-state index contributed by atoms with van der Waals surface area (Å²) in [7, 11) is 0. The summed E-state index contributed by atoms with van der Waals surface area (Å²) in [6, 6.07) is 9.49. The van der Waals surface area contributed by atoms with Crippen LogP contribution in [0.4, 0.5) is 0 Å². The van der Waals surface area contributed by atoms with Gasteiger partial charge in [-0.25, -0.2) is 0 Å². The molecule has 0 aliphatic carbocycles. The van der Waals surface area contributed by atoms with E-state index in [1.165, 1.54) is 0 Å². The van der Waals surface area contributed by atoms with E-state index < -0.39 is 5.60 Å². The van der Waals surface area contributed by atoms with Gasteiger partial charge in [0.2, 0.25) is 0 Å². The molecule has 1 aromatic heterocycles. The first-order valence-corrected chi connectivity index (χ1v) is 6.73. The molecule has 1 aliphatic rings. The summed E-state index contributed by atoms with van der Waals surface area (Å²) in [5, 5.41) is 0.908. The number of ether oxygens (including phenoxy) is 1. The quantitative estimate of drug-likeness (QED) is 0.772. The van der Waals surface area contributed by atoms with E-state index in [4.69, 9.17) is 4.74 Å². The second-order valence-electron chi connectivity index (χ2n) is 5.24. The maximum absolute atomic E-state index is 12.8. The van der Waals surface area contributed by atoms with Crippen LogP contribution in [0.2, 0.25) is 0 Å². The molecule has 0 spiro atoms. The van der Waals surface area contributed by atoms with Crippen molar-refractivity contribution >= 4 is 16.7 Å². The zero-order chi connectivity index (χ0) is 13.3. The Morgan fingerprint density at radius 1 is 1.26 bits per heavy atom. The highest BCUT2D eigenvalue weighted by molar-refractivity contribution is 6.11. The summed E-state index contributed by atoms with van der Waals surface area (Å²) in [6.45, 7) is 2.58. The molecule has 2 heterocycles. The molecule has 2 aromatic rings. The van der Waals surface area contributed by atoms with Crippen LogP contribution in [0.15, 0.2) is 36.5 Å². The maximum atomic E-state index is 12.8. The topological polar surface area (TPSA) is 39.2 Å². The molecular formula is C16H17NO2. The number of ketones is 1. The van der Waals surface area contributed by atoms with Crippen molar-refractivity contribution in [3.8, 4) is 0 Å². The summed E-state index contributed by atoms with van der Waals surface area (Å²) in [4.78, 5) is 17.1. The number of benzene rings is 1. The third-order valence-electron chi connectivity index (χ3n) is 3.84. The van der Waals surface area contributed by atoms with Crippen molar-refractivity contribution in [3.05, 3.63) is 42.1 Å². The van der Waals surface area contributed by atoms with Gasteiger partial charge in [0.15, 0.2) is 5.78 Å². The van der Waals surface area contributed by atoms with E-state index in [0.29, 0.717) is 6.61 Å². The highest BCUT2D eigenvalue weighted by atomic mass is 16.5. The largest absolute Gasteiger partial charge is 0.367 e. The Morgan fingerprint density at radius 2 is 2.16 bits per heavy atom. The van der Waals surface area contributed by atoms with Crippen molar-refractivity contribution in [2.75, 3.05) is 6.61 Å². The van der Waals surface area contributed by atoms with Gasteiger partial charge in [-0.2, -0.15) is 0 Å². The zero-order valence-corrected chi connectivity index (χ0v) is 11.1. The van der Waals surface area contributed by atoms with E-state index in [1.807, 2.05) is 37.3 Å². The van der Waals surface area contributed by atoms with Crippen LogP contribution in [0.1, 0.15) is 36.5 Å². The molecule has 19 heavy (non-hydrogen) atoms. The van der Waals surface area contributed by atoms with E-state index in [-0.39, 0.29) is 5.78 Å². The molecule has 1 fully saturated rings. The summed E-state index contributed by atoms with van der Waals surface area (Å²) >= 11 is 0. The maximum Gasteiger partial charge on any atom is 0.195 e. The van der Waals surface area contributed by atoms with Crippen LogP contribution in [-0.4, -0.2) is 23.0 Å². The zero-order valence-electron chi connectivity index (χ0n) is 11.1. The fourth-order valence-corrected chi connectivity index (χ4v) is 2.70. The molecule has 1 saturated heterocycles. The number of pyridine rings is 1. The first-order chi connectivity index (χ1) is 9.21. The third kappa shape index (κ3) is 2.15. The van der Waals surface area contributed by atoms with Gasteiger partial charge in [0.25, 0.3) is 0 Å². The average Bonchev–Trinajstić information content (AvgIpc) is 2.47. The molecule has 1 atom stereocenters. The number of nitrogens with zero attached hydrogens (tertiary/aromatic N) is 1. The molecule has 3 rings (SSSR count). The molecule has 1 aromatic carbocycles. The number of carbonyl (C=O) groups is 1. The Bertz CT molecular complexity index is 610. The van der Waals surface area contributed by atoms with Gasteiger partial charge in [-0.05, 0) is 38.3 Å². The van der Waals surface area contributed by atoms with E-state index >= 15 is 0 Å². The van der Waals surface area contributed by atoms with Gasteiger partial charge in [0.05, 0.1) is 5.52 Å². The van der Waals surface area contributed by atoms with Crippen molar-refractivity contribution in [2.24, 2.45) is 0 Å². The Labute approximate surface area is 112 Å².